The molecule has 0 atom stereocenters. The summed E-state index contributed by atoms with van der Waals surface area (Å²) in [6.07, 6.45) is 0. The molecule has 0 aliphatic carbocycles. The van der Waals surface area contributed by atoms with Gasteiger partial charge in [0.1, 0.15) is 5.82 Å². The Hall–Kier alpha value is -3.25. The van der Waals surface area contributed by atoms with Crippen LogP contribution in [0.3, 0.4) is 0 Å². The third-order valence-corrected chi connectivity index (χ3v) is 4.28. The molecule has 27 heavy (non-hydrogen) atoms. The summed E-state index contributed by atoms with van der Waals surface area (Å²) < 4.78 is 23.7. The van der Waals surface area contributed by atoms with Crippen LogP contribution in [0.25, 0.3) is 0 Å². The molecular weight excluding hydrogens is 371 g/mol. The molecule has 0 spiro atoms. The van der Waals surface area contributed by atoms with Gasteiger partial charge < -0.3 is 20.1 Å². The number of carbonyl (C=O) groups excluding carboxylic acids is 1. The van der Waals surface area contributed by atoms with E-state index < -0.39 is 5.82 Å². The zero-order valence-electron chi connectivity index (χ0n) is 14.0. The topological polar surface area (TPSA) is 59.6 Å². The van der Waals surface area contributed by atoms with Crippen LogP contribution in [0.1, 0.15) is 10.4 Å². The summed E-state index contributed by atoms with van der Waals surface area (Å²) in [7, 11) is 0. The third-order valence-electron chi connectivity index (χ3n) is 3.99. The van der Waals surface area contributed by atoms with Crippen molar-refractivity contribution in [1.29, 1.82) is 0 Å². The molecule has 7 heteroatoms. The fraction of sp³-hybridized carbons (Fsp3) is 0.0500. The van der Waals surface area contributed by atoms with E-state index in [2.05, 4.69) is 10.6 Å². The van der Waals surface area contributed by atoms with Crippen molar-refractivity contribution >= 4 is 34.6 Å². The molecule has 0 bridgehead atoms. The summed E-state index contributed by atoms with van der Waals surface area (Å²) in [5.41, 5.74) is 2.56. The van der Waals surface area contributed by atoms with Gasteiger partial charge in [0.2, 0.25) is 6.79 Å². The maximum absolute atomic E-state index is 13.2. The molecule has 3 aromatic carbocycles. The minimum Gasteiger partial charge on any atom is -0.454 e. The van der Waals surface area contributed by atoms with Gasteiger partial charge in [0, 0.05) is 22.6 Å². The van der Waals surface area contributed by atoms with Gasteiger partial charge in [0.25, 0.3) is 5.91 Å². The molecule has 0 saturated carbocycles. The van der Waals surface area contributed by atoms with Crippen LogP contribution >= 0.6 is 11.6 Å². The van der Waals surface area contributed by atoms with Crippen LogP contribution in [-0.4, -0.2) is 12.7 Å². The van der Waals surface area contributed by atoms with Crippen molar-refractivity contribution in [2.24, 2.45) is 0 Å². The maximum Gasteiger partial charge on any atom is 0.255 e. The number of hydrogen-bond acceptors (Lipinski definition) is 4. The number of rotatable bonds is 4. The van der Waals surface area contributed by atoms with Gasteiger partial charge in [-0.3, -0.25) is 4.79 Å². The van der Waals surface area contributed by atoms with Crippen LogP contribution in [0, 0.1) is 5.82 Å². The molecule has 2 N–H and O–H groups in total. The Morgan fingerprint density at radius 2 is 1.59 bits per heavy atom. The minimum atomic E-state index is -0.469. The number of amides is 1. The Labute approximate surface area is 159 Å². The summed E-state index contributed by atoms with van der Waals surface area (Å²) in [5.74, 6) is 0.464. The van der Waals surface area contributed by atoms with Gasteiger partial charge in [0.15, 0.2) is 11.5 Å². The Kier molecular flexibility index (Phi) is 4.56. The summed E-state index contributed by atoms with van der Waals surface area (Å²) in [6.45, 7) is 0.161. The lowest BCUT2D eigenvalue weighted by Crippen LogP contribution is -2.11. The molecule has 136 valence electrons. The fourth-order valence-corrected chi connectivity index (χ4v) is 2.80. The molecule has 5 nitrogen and oxygen atoms in total. The van der Waals surface area contributed by atoms with Gasteiger partial charge in [0.05, 0.1) is 5.02 Å². The summed E-state index contributed by atoms with van der Waals surface area (Å²) in [5, 5.41) is 5.99. The van der Waals surface area contributed by atoms with Gasteiger partial charge >= 0.3 is 0 Å². The van der Waals surface area contributed by atoms with E-state index in [1.54, 1.807) is 48.5 Å². The van der Waals surface area contributed by atoms with E-state index in [1.165, 1.54) is 12.1 Å². The maximum atomic E-state index is 13.2. The zero-order chi connectivity index (χ0) is 18.8. The molecular formula is C20H14ClFN2O3. The van der Waals surface area contributed by atoms with Crippen molar-refractivity contribution in [2.75, 3.05) is 17.4 Å². The standard InChI is InChI=1S/C20H14ClFN2O3/c21-16-10-15(6-7-17(16)22)23-13-2-4-14(5-3-13)24-20(25)12-1-8-18-19(9-12)27-11-26-18/h1-10,23H,11H2,(H,24,25). The third kappa shape index (κ3) is 3.80. The van der Waals surface area contributed by atoms with Crippen molar-refractivity contribution in [2.45, 2.75) is 0 Å². The second-order valence-electron chi connectivity index (χ2n) is 5.85. The largest absolute Gasteiger partial charge is 0.454 e. The van der Waals surface area contributed by atoms with Crippen molar-refractivity contribution < 1.29 is 18.7 Å². The lowest BCUT2D eigenvalue weighted by molar-refractivity contribution is 0.102. The van der Waals surface area contributed by atoms with Crippen molar-refractivity contribution in [1.82, 2.24) is 0 Å². The molecule has 1 aliphatic heterocycles. The molecule has 1 aliphatic rings. The van der Waals surface area contributed by atoms with E-state index >= 15 is 0 Å². The Morgan fingerprint density at radius 3 is 2.37 bits per heavy atom. The smallest absolute Gasteiger partial charge is 0.255 e. The minimum absolute atomic E-state index is 0.0487. The van der Waals surface area contributed by atoms with Gasteiger partial charge in [-0.25, -0.2) is 4.39 Å². The predicted molar refractivity (Wildman–Crippen MR) is 102 cm³/mol. The average Bonchev–Trinajstić information content (AvgIpc) is 3.14. The first-order valence-corrected chi connectivity index (χ1v) is 8.49. The Bertz CT molecular complexity index is 1010. The normalized spacial score (nSPS) is 11.9. The number of hydrogen-bond donors (Lipinski definition) is 2. The fourth-order valence-electron chi connectivity index (χ4n) is 2.62. The van der Waals surface area contributed by atoms with Crippen molar-refractivity contribution in [3.63, 3.8) is 0 Å². The average molecular weight is 385 g/mol. The summed E-state index contributed by atoms with van der Waals surface area (Å²) in [6, 6.07) is 16.5. The van der Waals surface area contributed by atoms with E-state index in [9.17, 15) is 9.18 Å². The molecule has 0 unspecified atom stereocenters. The van der Waals surface area contributed by atoms with Crippen LogP contribution in [0.15, 0.2) is 60.7 Å². The Morgan fingerprint density at radius 1 is 0.889 bits per heavy atom. The highest BCUT2D eigenvalue weighted by Gasteiger charge is 2.16. The van der Waals surface area contributed by atoms with Crippen LogP contribution in [-0.2, 0) is 0 Å². The molecule has 3 aromatic rings. The van der Waals surface area contributed by atoms with Crippen molar-refractivity contribution in [3.8, 4) is 11.5 Å². The van der Waals surface area contributed by atoms with Crippen LogP contribution in [0.5, 0.6) is 11.5 Å². The zero-order valence-corrected chi connectivity index (χ0v) is 14.7. The van der Waals surface area contributed by atoms with Crippen LogP contribution in [0.2, 0.25) is 5.02 Å². The monoisotopic (exact) mass is 384 g/mol. The number of halogens is 2. The number of fused-ring (bicyclic) bond motifs is 1. The van der Waals surface area contributed by atoms with E-state index in [0.717, 1.165) is 5.69 Å². The highest BCUT2D eigenvalue weighted by atomic mass is 35.5. The molecule has 0 fully saturated rings. The lowest BCUT2D eigenvalue weighted by atomic mass is 10.2. The number of ether oxygens (including phenoxy) is 2. The van der Waals surface area contributed by atoms with E-state index in [1.807, 2.05) is 0 Å². The lowest BCUT2D eigenvalue weighted by Gasteiger charge is -2.09. The van der Waals surface area contributed by atoms with Crippen molar-refractivity contribution in [3.05, 3.63) is 77.1 Å². The first kappa shape index (κ1) is 17.2. The first-order valence-electron chi connectivity index (χ1n) is 8.12. The number of benzene rings is 3. The molecule has 0 aromatic heterocycles. The highest BCUT2D eigenvalue weighted by Crippen LogP contribution is 2.32. The second-order valence-corrected chi connectivity index (χ2v) is 6.26. The van der Waals surface area contributed by atoms with Gasteiger partial charge in [-0.15, -0.1) is 0 Å². The Balaban J connectivity index is 1.43. The number of nitrogens with one attached hydrogen (secondary N) is 2. The van der Waals surface area contributed by atoms with Gasteiger partial charge in [-0.1, -0.05) is 11.6 Å². The van der Waals surface area contributed by atoms with E-state index in [0.29, 0.717) is 28.4 Å². The SMILES string of the molecule is O=C(Nc1ccc(Nc2ccc(F)c(Cl)c2)cc1)c1ccc2c(c1)OCO2. The summed E-state index contributed by atoms with van der Waals surface area (Å²) >= 11 is 5.78. The summed E-state index contributed by atoms with van der Waals surface area (Å²) in [4.78, 5) is 12.4. The number of anilines is 3. The first-order chi connectivity index (χ1) is 13.1. The van der Waals surface area contributed by atoms with Crippen LogP contribution < -0.4 is 20.1 Å². The van der Waals surface area contributed by atoms with Gasteiger partial charge in [-0.05, 0) is 60.7 Å². The van der Waals surface area contributed by atoms with Crippen LogP contribution in [0.4, 0.5) is 21.5 Å². The van der Waals surface area contributed by atoms with E-state index in [4.69, 9.17) is 21.1 Å². The molecule has 1 amide bonds. The highest BCUT2D eigenvalue weighted by molar-refractivity contribution is 6.31. The molecule has 1 heterocycles. The quantitative estimate of drug-likeness (QED) is 0.648. The van der Waals surface area contributed by atoms with E-state index in [-0.39, 0.29) is 17.7 Å². The number of carbonyl (C=O) groups is 1. The molecule has 0 radical (unpaired) electrons. The molecule has 4 rings (SSSR count). The predicted octanol–water partition coefficient (Wildman–Crippen LogP) is 5.20. The molecule has 0 saturated heterocycles. The second kappa shape index (κ2) is 7.17. The van der Waals surface area contributed by atoms with Gasteiger partial charge in [-0.2, -0.15) is 0 Å².